The molecule has 3 N–H and O–H groups in total. The number of aromatic hydroxyl groups is 1. The average molecular weight is 355 g/mol. The van der Waals surface area contributed by atoms with Gasteiger partial charge in [0.25, 0.3) is 0 Å². The van der Waals surface area contributed by atoms with Gasteiger partial charge in [-0.3, -0.25) is 0 Å². The largest absolute Gasteiger partial charge is 0.507 e. The van der Waals surface area contributed by atoms with Crippen molar-refractivity contribution < 1.29 is 15.0 Å². The number of rotatable bonds is 2. The Morgan fingerprint density at radius 2 is 1.74 bits per heavy atom. The van der Waals surface area contributed by atoms with Crippen molar-refractivity contribution in [3.05, 3.63) is 77.4 Å². The Morgan fingerprint density at radius 3 is 2.52 bits per heavy atom. The molecule has 27 heavy (non-hydrogen) atoms. The fraction of sp³-hybridized carbons (Fsp3) is 0.0870. The van der Waals surface area contributed by atoms with Gasteiger partial charge in [-0.25, -0.2) is 4.79 Å². The maximum absolute atomic E-state index is 11.3. The molecule has 0 aliphatic heterocycles. The summed E-state index contributed by atoms with van der Waals surface area (Å²) in [4.78, 5) is 14.8. The van der Waals surface area contributed by atoms with Crippen LogP contribution in [0.3, 0.4) is 0 Å². The van der Waals surface area contributed by atoms with Gasteiger partial charge in [-0.15, -0.1) is 0 Å². The standard InChI is InChI=1S/C23H17NO3/c25-21-12-18-15(10-19(21)23(26)27)7-9-17-16-8-6-14(11-20(16)24-22(17)18)13-4-2-1-3-5-13/h1-6,8,10-12,24-25H,7,9H2,(H,26,27). The Kier molecular flexibility index (Phi) is 3.34. The number of H-pyrrole nitrogens is 1. The molecule has 5 rings (SSSR count). The molecule has 4 aromatic rings. The first-order chi connectivity index (χ1) is 13.1. The molecular formula is C23H17NO3. The summed E-state index contributed by atoms with van der Waals surface area (Å²) in [5.74, 6) is -1.30. The summed E-state index contributed by atoms with van der Waals surface area (Å²) in [6.45, 7) is 0. The van der Waals surface area contributed by atoms with Crippen LogP contribution in [0.5, 0.6) is 5.75 Å². The SMILES string of the molecule is O=C(O)c1cc2c(cc1O)-c1[nH]c3cc(-c4ccccc4)ccc3c1CC2. The number of fused-ring (bicyclic) bond motifs is 5. The van der Waals surface area contributed by atoms with Crippen LogP contribution in [0, 0.1) is 0 Å². The van der Waals surface area contributed by atoms with E-state index < -0.39 is 5.97 Å². The van der Waals surface area contributed by atoms with E-state index in [0.717, 1.165) is 46.3 Å². The fourth-order valence-electron chi connectivity index (χ4n) is 4.06. The van der Waals surface area contributed by atoms with Gasteiger partial charge < -0.3 is 15.2 Å². The normalized spacial score (nSPS) is 12.6. The highest BCUT2D eigenvalue weighted by atomic mass is 16.4. The number of hydrogen-bond acceptors (Lipinski definition) is 2. The molecule has 4 nitrogen and oxygen atoms in total. The molecule has 0 radical (unpaired) electrons. The van der Waals surface area contributed by atoms with Gasteiger partial charge in [0.15, 0.2) is 0 Å². The average Bonchev–Trinajstić information content (AvgIpc) is 3.06. The van der Waals surface area contributed by atoms with Crippen LogP contribution in [-0.2, 0) is 12.8 Å². The molecule has 0 bridgehead atoms. The second kappa shape index (κ2) is 5.74. The van der Waals surface area contributed by atoms with Crippen molar-refractivity contribution in [3.8, 4) is 28.1 Å². The molecule has 1 aliphatic rings. The Balaban J connectivity index is 1.69. The highest BCUT2D eigenvalue weighted by molar-refractivity contribution is 5.97. The van der Waals surface area contributed by atoms with Gasteiger partial charge in [-0.1, -0.05) is 42.5 Å². The minimum atomic E-state index is -1.11. The van der Waals surface area contributed by atoms with E-state index in [9.17, 15) is 15.0 Å². The third-order valence-corrected chi connectivity index (χ3v) is 5.38. The number of benzene rings is 3. The summed E-state index contributed by atoms with van der Waals surface area (Å²) in [5, 5.41) is 20.6. The number of carboxylic acid groups (broad SMARTS) is 1. The van der Waals surface area contributed by atoms with E-state index in [4.69, 9.17) is 0 Å². The molecule has 0 fully saturated rings. The molecule has 1 aliphatic carbocycles. The van der Waals surface area contributed by atoms with Gasteiger partial charge in [-0.2, -0.15) is 0 Å². The minimum Gasteiger partial charge on any atom is -0.507 e. The van der Waals surface area contributed by atoms with Crippen LogP contribution in [0.1, 0.15) is 21.5 Å². The third-order valence-electron chi connectivity index (χ3n) is 5.38. The number of hydrogen-bond donors (Lipinski definition) is 3. The maximum atomic E-state index is 11.3. The molecule has 0 saturated heterocycles. The first kappa shape index (κ1) is 15.7. The van der Waals surface area contributed by atoms with Crippen LogP contribution in [-0.4, -0.2) is 21.2 Å². The summed E-state index contributed by atoms with van der Waals surface area (Å²) in [5.41, 5.74) is 7.35. The molecule has 1 aromatic heterocycles. The van der Waals surface area contributed by atoms with Gasteiger partial charge in [0.2, 0.25) is 0 Å². The molecule has 0 spiro atoms. The van der Waals surface area contributed by atoms with Gasteiger partial charge in [0.05, 0.1) is 5.69 Å². The first-order valence-electron chi connectivity index (χ1n) is 8.91. The lowest BCUT2D eigenvalue weighted by molar-refractivity contribution is 0.0693. The first-order valence-corrected chi connectivity index (χ1v) is 8.91. The van der Waals surface area contributed by atoms with Crippen molar-refractivity contribution in [1.82, 2.24) is 4.98 Å². The van der Waals surface area contributed by atoms with Crippen molar-refractivity contribution in [3.63, 3.8) is 0 Å². The molecule has 4 heteroatoms. The van der Waals surface area contributed by atoms with E-state index in [0.29, 0.717) is 0 Å². The van der Waals surface area contributed by atoms with Gasteiger partial charge in [0.1, 0.15) is 11.3 Å². The lowest BCUT2D eigenvalue weighted by Crippen LogP contribution is -2.06. The van der Waals surface area contributed by atoms with Crippen LogP contribution in [0.25, 0.3) is 33.3 Å². The Morgan fingerprint density at radius 1 is 0.926 bits per heavy atom. The Hall–Kier alpha value is -3.53. The number of aryl methyl sites for hydroxylation is 2. The summed E-state index contributed by atoms with van der Waals surface area (Å²) >= 11 is 0. The summed E-state index contributed by atoms with van der Waals surface area (Å²) in [6, 6.07) is 19.8. The topological polar surface area (TPSA) is 73.3 Å². The van der Waals surface area contributed by atoms with Crippen molar-refractivity contribution in [2.45, 2.75) is 12.8 Å². The lowest BCUT2D eigenvalue weighted by atomic mass is 9.87. The van der Waals surface area contributed by atoms with E-state index in [1.807, 2.05) is 18.2 Å². The summed E-state index contributed by atoms with van der Waals surface area (Å²) in [6.07, 6.45) is 1.60. The zero-order chi connectivity index (χ0) is 18.5. The molecule has 1 heterocycles. The van der Waals surface area contributed by atoms with E-state index in [1.54, 1.807) is 12.1 Å². The highest BCUT2D eigenvalue weighted by Crippen LogP contribution is 2.40. The van der Waals surface area contributed by atoms with Crippen molar-refractivity contribution in [2.75, 3.05) is 0 Å². The van der Waals surface area contributed by atoms with Crippen LogP contribution in [0.15, 0.2) is 60.7 Å². The van der Waals surface area contributed by atoms with E-state index in [2.05, 4.69) is 35.3 Å². The second-order valence-corrected chi connectivity index (χ2v) is 6.94. The lowest BCUT2D eigenvalue weighted by Gasteiger charge is -2.18. The van der Waals surface area contributed by atoms with E-state index in [-0.39, 0.29) is 11.3 Å². The highest BCUT2D eigenvalue weighted by Gasteiger charge is 2.24. The van der Waals surface area contributed by atoms with Crippen molar-refractivity contribution >= 4 is 16.9 Å². The summed E-state index contributed by atoms with van der Waals surface area (Å²) in [7, 11) is 0. The molecular weight excluding hydrogens is 338 g/mol. The molecule has 0 unspecified atom stereocenters. The molecule has 132 valence electrons. The van der Waals surface area contributed by atoms with E-state index >= 15 is 0 Å². The third kappa shape index (κ3) is 2.41. The van der Waals surface area contributed by atoms with Gasteiger partial charge >= 0.3 is 5.97 Å². The van der Waals surface area contributed by atoms with Crippen LogP contribution in [0.2, 0.25) is 0 Å². The second-order valence-electron chi connectivity index (χ2n) is 6.94. The van der Waals surface area contributed by atoms with Crippen LogP contribution >= 0.6 is 0 Å². The molecule has 0 amide bonds. The number of aromatic nitrogens is 1. The number of carboxylic acids is 1. The molecule has 0 saturated carbocycles. The Bertz CT molecular complexity index is 1210. The Labute approximate surface area is 155 Å². The number of aromatic amines is 1. The number of carbonyl (C=O) groups is 1. The zero-order valence-corrected chi connectivity index (χ0v) is 14.5. The van der Waals surface area contributed by atoms with Crippen LogP contribution in [0.4, 0.5) is 0 Å². The van der Waals surface area contributed by atoms with Crippen molar-refractivity contribution in [1.29, 1.82) is 0 Å². The summed E-state index contributed by atoms with van der Waals surface area (Å²) < 4.78 is 0. The van der Waals surface area contributed by atoms with E-state index in [1.165, 1.54) is 10.9 Å². The number of nitrogens with one attached hydrogen (secondary N) is 1. The molecule has 0 atom stereocenters. The smallest absolute Gasteiger partial charge is 0.339 e. The van der Waals surface area contributed by atoms with Gasteiger partial charge in [0, 0.05) is 16.5 Å². The fourth-order valence-corrected chi connectivity index (χ4v) is 4.06. The predicted octanol–water partition coefficient (Wildman–Crippen LogP) is 5.00. The predicted molar refractivity (Wildman–Crippen MR) is 105 cm³/mol. The monoisotopic (exact) mass is 355 g/mol. The van der Waals surface area contributed by atoms with Crippen LogP contribution < -0.4 is 0 Å². The number of aromatic carboxylic acids is 1. The van der Waals surface area contributed by atoms with Crippen molar-refractivity contribution in [2.24, 2.45) is 0 Å². The van der Waals surface area contributed by atoms with Gasteiger partial charge in [-0.05, 0) is 53.3 Å². The quantitative estimate of drug-likeness (QED) is 0.473. The maximum Gasteiger partial charge on any atom is 0.339 e. The minimum absolute atomic E-state index is 0.0420. The number of phenols is 1. The molecule has 3 aromatic carbocycles. The zero-order valence-electron chi connectivity index (χ0n) is 14.5.